The second kappa shape index (κ2) is 8.86. The van der Waals surface area contributed by atoms with Gasteiger partial charge in [0, 0.05) is 5.54 Å². The quantitative estimate of drug-likeness (QED) is 0.769. The van der Waals surface area contributed by atoms with E-state index in [1.807, 2.05) is 50.2 Å². The lowest BCUT2D eigenvalue weighted by molar-refractivity contribution is -0.130. The molecule has 4 nitrogen and oxygen atoms in total. The molecule has 0 atom stereocenters. The summed E-state index contributed by atoms with van der Waals surface area (Å²) < 4.78 is 0. The summed E-state index contributed by atoms with van der Waals surface area (Å²) in [7, 11) is 4.24. The van der Waals surface area contributed by atoms with Crippen LogP contribution in [0.25, 0.3) is 0 Å². The number of halogens is 1. The maximum Gasteiger partial charge on any atom is 0.240 e. The summed E-state index contributed by atoms with van der Waals surface area (Å²) in [5.41, 5.74) is 7.67. The number of carbonyl (C=O) groups excluding carboxylic acids is 1. The van der Waals surface area contributed by atoms with Gasteiger partial charge in [-0.25, -0.2) is 0 Å². The van der Waals surface area contributed by atoms with Gasteiger partial charge in [-0.05, 0) is 64.8 Å². The number of nitrogens with one attached hydrogen (secondary N) is 1. The van der Waals surface area contributed by atoms with Crippen LogP contribution in [0.2, 0.25) is 0 Å². The van der Waals surface area contributed by atoms with E-state index < -0.39 is 11.1 Å². The molecule has 0 unspecified atom stereocenters. The fourth-order valence-corrected chi connectivity index (χ4v) is 4.41. The molecule has 1 aliphatic carbocycles. The van der Waals surface area contributed by atoms with Gasteiger partial charge >= 0.3 is 0 Å². The zero-order valence-corrected chi connectivity index (χ0v) is 18.8. The molecule has 5 heteroatoms. The summed E-state index contributed by atoms with van der Waals surface area (Å²) in [4.78, 5) is 15.5. The van der Waals surface area contributed by atoms with Gasteiger partial charge in [-0.2, -0.15) is 0 Å². The Bertz CT molecular complexity index is 797. The molecule has 0 aliphatic heterocycles. The van der Waals surface area contributed by atoms with Crippen LogP contribution in [0.3, 0.4) is 0 Å². The molecule has 1 fully saturated rings. The number of amides is 1. The molecular formula is C24H34ClN3O. The van der Waals surface area contributed by atoms with Gasteiger partial charge in [0.1, 0.15) is 0 Å². The Kier molecular flexibility index (Phi) is 7.15. The molecule has 0 radical (unpaired) electrons. The Hall–Kier alpha value is -1.88. The number of nitrogens with zero attached hydrogens (tertiary/aromatic N) is 1. The predicted molar refractivity (Wildman–Crippen MR) is 122 cm³/mol. The summed E-state index contributed by atoms with van der Waals surface area (Å²) in [5, 5.41) is 3.20. The predicted octanol–water partition coefficient (Wildman–Crippen LogP) is 4.19. The van der Waals surface area contributed by atoms with Crippen LogP contribution >= 0.6 is 12.4 Å². The standard InChI is InChI=1S/C24H33N3O.ClH/c1-22(2,19-11-7-5-8-12-19)26-21(28)23(25)15-17-24(18-16-23,27(3)4)20-13-9-6-10-14-20;/h5-14H,15-18,25H2,1-4H3,(H,26,28);1H. The summed E-state index contributed by atoms with van der Waals surface area (Å²) >= 11 is 0. The molecule has 3 N–H and O–H groups in total. The van der Waals surface area contributed by atoms with Gasteiger partial charge in [0.05, 0.1) is 11.1 Å². The van der Waals surface area contributed by atoms with Gasteiger partial charge in [0.25, 0.3) is 0 Å². The van der Waals surface area contributed by atoms with Gasteiger partial charge in [0.15, 0.2) is 0 Å². The minimum absolute atomic E-state index is 0. The average molecular weight is 416 g/mol. The van der Waals surface area contributed by atoms with Crippen LogP contribution in [0.15, 0.2) is 60.7 Å². The van der Waals surface area contributed by atoms with E-state index >= 15 is 0 Å². The lowest BCUT2D eigenvalue weighted by Crippen LogP contribution is -2.61. The van der Waals surface area contributed by atoms with Crippen LogP contribution < -0.4 is 11.1 Å². The Morgan fingerprint density at radius 3 is 1.90 bits per heavy atom. The minimum atomic E-state index is -0.833. The van der Waals surface area contributed by atoms with Crippen LogP contribution in [-0.2, 0) is 15.9 Å². The Morgan fingerprint density at radius 1 is 0.931 bits per heavy atom. The van der Waals surface area contributed by atoms with E-state index in [0.29, 0.717) is 12.8 Å². The number of rotatable bonds is 5. The van der Waals surface area contributed by atoms with E-state index in [-0.39, 0.29) is 23.9 Å². The molecule has 1 aliphatic rings. The van der Waals surface area contributed by atoms with Crippen molar-refractivity contribution in [3.05, 3.63) is 71.8 Å². The van der Waals surface area contributed by atoms with Crippen LogP contribution in [0, 0.1) is 0 Å². The zero-order chi connectivity index (χ0) is 20.4. The highest BCUT2D eigenvalue weighted by Gasteiger charge is 2.47. The van der Waals surface area contributed by atoms with E-state index in [4.69, 9.17) is 5.73 Å². The Labute approximate surface area is 181 Å². The molecule has 0 heterocycles. The summed E-state index contributed by atoms with van der Waals surface area (Å²) in [6.45, 7) is 4.06. The van der Waals surface area contributed by atoms with Crippen molar-refractivity contribution in [2.24, 2.45) is 5.73 Å². The third-order valence-corrected chi connectivity index (χ3v) is 6.51. The molecule has 0 aromatic heterocycles. The van der Waals surface area contributed by atoms with Crippen molar-refractivity contribution in [3.63, 3.8) is 0 Å². The molecule has 2 aromatic carbocycles. The number of carbonyl (C=O) groups is 1. The first-order valence-electron chi connectivity index (χ1n) is 10.1. The van der Waals surface area contributed by atoms with Crippen molar-refractivity contribution in [3.8, 4) is 0 Å². The molecule has 158 valence electrons. The first kappa shape index (κ1) is 23.4. The molecule has 0 spiro atoms. The maximum absolute atomic E-state index is 13.2. The smallest absolute Gasteiger partial charge is 0.240 e. The number of benzene rings is 2. The van der Waals surface area contributed by atoms with Crippen LogP contribution in [-0.4, -0.2) is 30.4 Å². The van der Waals surface area contributed by atoms with Crippen molar-refractivity contribution in [2.75, 3.05) is 14.1 Å². The zero-order valence-electron chi connectivity index (χ0n) is 17.9. The van der Waals surface area contributed by atoms with E-state index in [1.54, 1.807) is 0 Å². The van der Waals surface area contributed by atoms with Crippen molar-refractivity contribution in [2.45, 2.75) is 56.1 Å². The Morgan fingerprint density at radius 2 is 1.41 bits per heavy atom. The first-order valence-corrected chi connectivity index (χ1v) is 10.1. The number of hydrogen-bond donors (Lipinski definition) is 2. The summed E-state index contributed by atoms with van der Waals surface area (Å²) in [6.07, 6.45) is 3.05. The van der Waals surface area contributed by atoms with E-state index in [1.165, 1.54) is 5.56 Å². The molecule has 2 aromatic rings. The maximum atomic E-state index is 13.2. The average Bonchev–Trinajstić information content (AvgIpc) is 2.69. The topological polar surface area (TPSA) is 58.4 Å². The molecule has 0 saturated heterocycles. The van der Waals surface area contributed by atoms with Crippen molar-refractivity contribution < 1.29 is 4.79 Å². The molecular weight excluding hydrogens is 382 g/mol. The van der Waals surface area contributed by atoms with Crippen molar-refractivity contribution in [1.29, 1.82) is 0 Å². The largest absolute Gasteiger partial charge is 0.346 e. The normalized spacial score (nSPS) is 24.6. The second-order valence-corrected chi connectivity index (χ2v) is 8.89. The number of hydrogen-bond acceptors (Lipinski definition) is 3. The van der Waals surface area contributed by atoms with Crippen LogP contribution in [0.5, 0.6) is 0 Å². The molecule has 3 rings (SSSR count). The summed E-state index contributed by atoms with van der Waals surface area (Å²) in [5.74, 6) is -0.0539. The van der Waals surface area contributed by atoms with Gasteiger partial charge in [-0.15, -0.1) is 12.4 Å². The highest BCUT2D eigenvalue weighted by atomic mass is 35.5. The molecule has 1 saturated carbocycles. The first-order chi connectivity index (χ1) is 13.2. The van der Waals surface area contributed by atoms with E-state index in [2.05, 4.69) is 48.6 Å². The third-order valence-electron chi connectivity index (χ3n) is 6.51. The SMILES string of the molecule is CN(C)C1(c2ccccc2)CCC(N)(C(=O)NC(C)(C)c2ccccc2)CC1.Cl. The lowest BCUT2D eigenvalue weighted by Gasteiger charge is -2.48. The lowest BCUT2D eigenvalue weighted by atomic mass is 9.68. The van der Waals surface area contributed by atoms with Crippen LogP contribution in [0.1, 0.15) is 50.7 Å². The minimum Gasteiger partial charge on any atom is -0.346 e. The highest BCUT2D eigenvalue weighted by molar-refractivity contribution is 5.87. The Balaban J connectivity index is 0.00000300. The third kappa shape index (κ3) is 4.66. The fourth-order valence-electron chi connectivity index (χ4n) is 4.41. The molecule has 29 heavy (non-hydrogen) atoms. The fraction of sp³-hybridized carbons (Fsp3) is 0.458. The molecule has 1 amide bonds. The number of nitrogens with two attached hydrogens (primary N) is 1. The van der Waals surface area contributed by atoms with Gasteiger partial charge < -0.3 is 11.1 Å². The van der Waals surface area contributed by atoms with Gasteiger partial charge in [0.2, 0.25) is 5.91 Å². The van der Waals surface area contributed by atoms with Gasteiger partial charge in [-0.3, -0.25) is 9.69 Å². The monoisotopic (exact) mass is 415 g/mol. The van der Waals surface area contributed by atoms with Crippen molar-refractivity contribution >= 4 is 18.3 Å². The van der Waals surface area contributed by atoms with E-state index in [0.717, 1.165) is 18.4 Å². The van der Waals surface area contributed by atoms with E-state index in [9.17, 15) is 4.79 Å². The van der Waals surface area contributed by atoms with Crippen molar-refractivity contribution in [1.82, 2.24) is 10.2 Å². The highest BCUT2D eigenvalue weighted by Crippen LogP contribution is 2.44. The van der Waals surface area contributed by atoms with Gasteiger partial charge in [-0.1, -0.05) is 60.7 Å². The second-order valence-electron chi connectivity index (χ2n) is 8.89. The molecule has 0 bridgehead atoms. The van der Waals surface area contributed by atoms with Crippen LogP contribution in [0.4, 0.5) is 0 Å². The summed E-state index contributed by atoms with van der Waals surface area (Å²) in [6, 6.07) is 20.6.